The first kappa shape index (κ1) is 13.5. The molecule has 0 radical (unpaired) electrons. The first-order valence-electron chi connectivity index (χ1n) is 6.60. The van der Waals surface area contributed by atoms with Gasteiger partial charge in [0.05, 0.1) is 11.4 Å². The van der Waals surface area contributed by atoms with Gasteiger partial charge in [0.2, 0.25) is 0 Å². The van der Waals surface area contributed by atoms with Gasteiger partial charge in [0.25, 0.3) is 0 Å². The van der Waals surface area contributed by atoms with E-state index < -0.39 is 0 Å². The van der Waals surface area contributed by atoms with E-state index in [-0.39, 0.29) is 0 Å². The van der Waals surface area contributed by atoms with Gasteiger partial charge in [-0.3, -0.25) is 0 Å². The molecule has 2 aromatic carbocycles. The Balaban J connectivity index is 2.52. The van der Waals surface area contributed by atoms with Crippen molar-refractivity contribution in [2.75, 3.05) is 11.1 Å². The fourth-order valence-electron chi connectivity index (χ4n) is 2.32. The summed E-state index contributed by atoms with van der Waals surface area (Å²) >= 11 is 0. The average molecular weight is 254 g/mol. The van der Waals surface area contributed by atoms with Gasteiger partial charge in [0, 0.05) is 5.69 Å². The lowest BCUT2D eigenvalue weighted by molar-refractivity contribution is 1.24. The van der Waals surface area contributed by atoms with Gasteiger partial charge >= 0.3 is 0 Å². The molecule has 2 heteroatoms. The fourth-order valence-corrected chi connectivity index (χ4v) is 2.32. The Hall–Kier alpha value is -1.96. The fraction of sp³-hybridized carbons (Fsp3) is 0.294. The third kappa shape index (κ3) is 2.58. The number of nitrogens with one attached hydrogen (secondary N) is 1. The van der Waals surface area contributed by atoms with Crippen LogP contribution in [0.4, 0.5) is 17.1 Å². The lowest BCUT2D eigenvalue weighted by Gasteiger charge is -2.18. The molecule has 0 saturated carbocycles. The van der Waals surface area contributed by atoms with E-state index in [1.165, 1.54) is 33.5 Å². The maximum absolute atomic E-state index is 6.05. The first-order valence-corrected chi connectivity index (χ1v) is 6.60. The molecule has 2 rings (SSSR count). The molecule has 3 N–H and O–H groups in total. The van der Waals surface area contributed by atoms with E-state index in [9.17, 15) is 0 Å². The Morgan fingerprint density at radius 1 is 0.842 bits per heavy atom. The molecule has 0 saturated heterocycles. The molecule has 2 aromatic rings. The van der Waals surface area contributed by atoms with E-state index in [1.807, 2.05) is 12.1 Å². The summed E-state index contributed by atoms with van der Waals surface area (Å²) in [5.41, 5.74) is 15.4. The Labute approximate surface area is 115 Å². The molecule has 0 spiro atoms. The lowest BCUT2D eigenvalue weighted by atomic mass is 9.98. The third-order valence-electron chi connectivity index (χ3n) is 3.83. The van der Waals surface area contributed by atoms with Gasteiger partial charge in [-0.2, -0.15) is 0 Å². The van der Waals surface area contributed by atoms with Crippen LogP contribution in [0.1, 0.15) is 27.8 Å². The number of hydrogen-bond acceptors (Lipinski definition) is 2. The van der Waals surface area contributed by atoms with Crippen LogP contribution in [-0.4, -0.2) is 0 Å². The van der Waals surface area contributed by atoms with Crippen molar-refractivity contribution in [1.29, 1.82) is 0 Å². The highest BCUT2D eigenvalue weighted by Gasteiger charge is 2.10. The largest absolute Gasteiger partial charge is 0.397 e. The second kappa shape index (κ2) is 4.96. The van der Waals surface area contributed by atoms with Crippen LogP contribution in [0, 0.1) is 34.6 Å². The molecule has 0 amide bonds. The highest BCUT2D eigenvalue weighted by molar-refractivity contribution is 5.77. The summed E-state index contributed by atoms with van der Waals surface area (Å²) in [6.07, 6.45) is 0. The van der Waals surface area contributed by atoms with Gasteiger partial charge in [-0.1, -0.05) is 12.1 Å². The van der Waals surface area contributed by atoms with Gasteiger partial charge in [-0.05, 0) is 74.6 Å². The smallest absolute Gasteiger partial charge is 0.0620 e. The van der Waals surface area contributed by atoms with E-state index in [0.717, 1.165) is 11.4 Å². The normalized spacial score (nSPS) is 10.6. The maximum Gasteiger partial charge on any atom is 0.0620 e. The molecular formula is C17H22N2. The van der Waals surface area contributed by atoms with Crippen molar-refractivity contribution in [2.45, 2.75) is 34.6 Å². The summed E-state index contributed by atoms with van der Waals surface area (Å²) in [6, 6.07) is 8.30. The van der Waals surface area contributed by atoms with Gasteiger partial charge in [0.15, 0.2) is 0 Å². The van der Waals surface area contributed by atoms with E-state index in [4.69, 9.17) is 5.73 Å². The number of anilines is 3. The molecule has 0 unspecified atom stereocenters. The number of rotatable bonds is 2. The summed E-state index contributed by atoms with van der Waals surface area (Å²) in [5, 5.41) is 3.51. The molecule has 2 nitrogen and oxygen atoms in total. The monoisotopic (exact) mass is 254 g/mol. The quantitative estimate of drug-likeness (QED) is 0.771. The van der Waals surface area contributed by atoms with Crippen LogP contribution in [0.25, 0.3) is 0 Å². The molecular weight excluding hydrogens is 232 g/mol. The van der Waals surface area contributed by atoms with Gasteiger partial charge in [0.1, 0.15) is 0 Å². The Bertz CT molecular complexity index is 601. The van der Waals surface area contributed by atoms with Gasteiger partial charge in [-0.25, -0.2) is 0 Å². The van der Waals surface area contributed by atoms with Crippen molar-refractivity contribution in [2.24, 2.45) is 0 Å². The van der Waals surface area contributed by atoms with Crippen molar-refractivity contribution in [1.82, 2.24) is 0 Å². The van der Waals surface area contributed by atoms with Gasteiger partial charge < -0.3 is 11.1 Å². The Morgan fingerprint density at radius 2 is 1.42 bits per heavy atom. The molecule has 0 heterocycles. The van der Waals surface area contributed by atoms with Crippen LogP contribution >= 0.6 is 0 Å². The highest BCUT2D eigenvalue weighted by atomic mass is 14.9. The molecule has 0 bridgehead atoms. The minimum Gasteiger partial charge on any atom is -0.397 e. The van der Waals surface area contributed by atoms with Crippen molar-refractivity contribution >= 4 is 17.1 Å². The van der Waals surface area contributed by atoms with E-state index in [0.29, 0.717) is 0 Å². The highest BCUT2D eigenvalue weighted by Crippen LogP contribution is 2.31. The van der Waals surface area contributed by atoms with Crippen molar-refractivity contribution in [3.63, 3.8) is 0 Å². The summed E-state index contributed by atoms with van der Waals surface area (Å²) in [4.78, 5) is 0. The summed E-state index contributed by atoms with van der Waals surface area (Å²) in [6.45, 7) is 10.7. The lowest BCUT2D eigenvalue weighted by Crippen LogP contribution is -2.02. The molecule has 0 fully saturated rings. The average Bonchev–Trinajstić information content (AvgIpc) is 2.36. The minimum absolute atomic E-state index is 0.781. The first-order chi connectivity index (χ1) is 8.90. The predicted molar refractivity (Wildman–Crippen MR) is 84.3 cm³/mol. The SMILES string of the molecule is Cc1ccc(N)c(Nc2c(C)c(C)cc(C)c2C)c1. The molecule has 0 aliphatic heterocycles. The topological polar surface area (TPSA) is 38.0 Å². The number of hydrogen-bond donors (Lipinski definition) is 2. The van der Waals surface area contributed by atoms with E-state index >= 15 is 0 Å². The van der Waals surface area contributed by atoms with Crippen LogP contribution in [0.15, 0.2) is 24.3 Å². The van der Waals surface area contributed by atoms with Crippen LogP contribution in [0.3, 0.4) is 0 Å². The van der Waals surface area contributed by atoms with E-state index in [1.54, 1.807) is 0 Å². The molecule has 0 atom stereocenters. The molecule has 0 aliphatic carbocycles. The number of aryl methyl sites for hydroxylation is 3. The zero-order chi connectivity index (χ0) is 14.2. The molecule has 0 aromatic heterocycles. The Morgan fingerprint density at radius 3 is 2.00 bits per heavy atom. The third-order valence-corrected chi connectivity index (χ3v) is 3.83. The summed E-state index contributed by atoms with van der Waals surface area (Å²) in [7, 11) is 0. The second-order valence-electron chi connectivity index (χ2n) is 5.35. The van der Waals surface area contributed by atoms with Crippen molar-refractivity contribution in [3.05, 3.63) is 52.1 Å². The number of nitrogens with two attached hydrogens (primary N) is 1. The molecule has 19 heavy (non-hydrogen) atoms. The zero-order valence-electron chi connectivity index (χ0n) is 12.4. The summed E-state index contributed by atoms with van der Waals surface area (Å²) < 4.78 is 0. The second-order valence-corrected chi connectivity index (χ2v) is 5.35. The molecule has 100 valence electrons. The standard InChI is InChI=1S/C17H22N2/c1-10-6-7-15(18)16(8-10)19-17-13(4)11(2)9-12(3)14(17)5/h6-9,19H,18H2,1-5H3. The zero-order valence-corrected chi connectivity index (χ0v) is 12.4. The maximum atomic E-state index is 6.05. The predicted octanol–water partition coefficient (Wildman–Crippen LogP) is 4.55. The van der Waals surface area contributed by atoms with Crippen LogP contribution in [0.5, 0.6) is 0 Å². The Kier molecular flexibility index (Phi) is 3.52. The van der Waals surface area contributed by atoms with Gasteiger partial charge in [-0.15, -0.1) is 0 Å². The number of benzene rings is 2. The molecule has 0 aliphatic rings. The van der Waals surface area contributed by atoms with Crippen LogP contribution in [-0.2, 0) is 0 Å². The van der Waals surface area contributed by atoms with Crippen molar-refractivity contribution in [3.8, 4) is 0 Å². The van der Waals surface area contributed by atoms with Crippen LogP contribution in [0.2, 0.25) is 0 Å². The van der Waals surface area contributed by atoms with E-state index in [2.05, 4.69) is 52.1 Å². The summed E-state index contributed by atoms with van der Waals surface area (Å²) in [5.74, 6) is 0. The van der Waals surface area contributed by atoms with Crippen LogP contribution < -0.4 is 11.1 Å². The van der Waals surface area contributed by atoms with Crippen molar-refractivity contribution < 1.29 is 0 Å². The number of nitrogen functional groups attached to an aromatic ring is 1. The minimum atomic E-state index is 0.781.